The predicted octanol–water partition coefficient (Wildman–Crippen LogP) is 3.35. The minimum absolute atomic E-state index is 0.0391. The number of nitrogens with two attached hydrogens (primary N) is 1. The first-order chi connectivity index (χ1) is 11.1. The monoisotopic (exact) mass is 327 g/mol. The molecule has 0 saturated carbocycles. The quantitative estimate of drug-likeness (QED) is 0.770. The maximum absolute atomic E-state index is 11.3. The van der Waals surface area contributed by atoms with Gasteiger partial charge in [-0.2, -0.15) is 5.10 Å². The van der Waals surface area contributed by atoms with Crippen molar-refractivity contribution in [3.63, 3.8) is 0 Å². The smallest absolute Gasteiger partial charge is 0.356 e. The predicted molar refractivity (Wildman–Crippen MR) is 88.9 cm³/mol. The van der Waals surface area contributed by atoms with Crippen molar-refractivity contribution in [2.45, 2.75) is 6.54 Å². The Kier molecular flexibility index (Phi) is 4.14. The zero-order valence-corrected chi connectivity index (χ0v) is 12.9. The molecule has 0 aliphatic rings. The molecular weight excluding hydrogens is 314 g/mol. The summed E-state index contributed by atoms with van der Waals surface area (Å²) in [5.41, 5.74) is 8.63. The fourth-order valence-electron chi connectivity index (χ4n) is 2.32. The molecule has 3 rings (SSSR count). The number of halogens is 1. The van der Waals surface area contributed by atoms with E-state index in [-0.39, 0.29) is 5.69 Å². The van der Waals surface area contributed by atoms with Gasteiger partial charge in [-0.15, -0.1) is 0 Å². The van der Waals surface area contributed by atoms with Crippen LogP contribution in [0.5, 0.6) is 0 Å². The number of aromatic nitrogens is 2. The van der Waals surface area contributed by atoms with E-state index in [0.29, 0.717) is 17.3 Å². The lowest BCUT2D eigenvalue weighted by Crippen LogP contribution is -2.03. The fraction of sp³-hybridized carbons (Fsp3) is 0.0588. The average molecular weight is 328 g/mol. The Morgan fingerprint density at radius 3 is 2.48 bits per heavy atom. The molecule has 0 amide bonds. The topological polar surface area (TPSA) is 81.1 Å². The zero-order valence-electron chi connectivity index (χ0n) is 12.1. The highest BCUT2D eigenvalue weighted by Crippen LogP contribution is 2.30. The molecule has 2 aromatic carbocycles. The van der Waals surface area contributed by atoms with Crippen LogP contribution in [0.2, 0.25) is 5.02 Å². The van der Waals surface area contributed by atoms with Gasteiger partial charge in [-0.3, -0.25) is 0 Å². The molecule has 0 aliphatic heterocycles. The molecule has 0 unspecified atom stereocenters. The van der Waals surface area contributed by atoms with Gasteiger partial charge in [-0.25, -0.2) is 9.48 Å². The molecule has 5 nitrogen and oxygen atoms in total. The van der Waals surface area contributed by atoms with Gasteiger partial charge in [0.15, 0.2) is 5.69 Å². The lowest BCUT2D eigenvalue weighted by molar-refractivity contribution is 0.0690. The van der Waals surface area contributed by atoms with Gasteiger partial charge in [-0.1, -0.05) is 41.9 Å². The van der Waals surface area contributed by atoms with Crippen molar-refractivity contribution in [1.82, 2.24) is 9.78 Å². The van der Waals surface area contributed by atoms with Crippen LogP contribution in [0.1, 0.15) is 16.1 Å². The molecule has 3 aromatic rings. The van der Waals surface area contributed by atoms with Gasteiger partial charge in [0.2, 0.25) is 0 Å². The number of carbonyl (C=O) groups is 1. The van der Waals surface area contributed by atoms with Gasteiger partial charge in [0.25, 0.3) is 0 Å². The molecule has 116 valence electrons. The van der Waals surface area contributed by atoms with Gasteiger partial charge in [0, 0.05) is 17.1 Å². The number of benzene rings is 2. The molecular formula is C17H14ClN3O2. The molecule has 6 heteroatoms. The molecule has 0 atom stereocenters. The number of carboxylic acid groups (broad SMARTS) is 1. The molecule has 0 bridgehead atoms. The Balaban J connectivity index is 2.18. The van der Waals surface area contributed by atoms with Crippen molar-refractivity contribution < 1.29 is 9.90 Å². The second-order valence-corrected chi connectivity index (χ2v) is 5.39. The molecule has 1 aromatic heterocycles. The van der Waals surface area contributed by atoms with Crippen molar-refractivity contribution in [1.29, 1.82) is 0 Å². The summed E-state index contributed by atoms with van der Waals surface area (Å²) in [5, 5.41) is 14.0. The number of nitrogens with zero attached hydrogens (tertiary/aromatic N) is 2. The van der Waals surface area contributed by atoms with Crippen LogP contribution in [-0.4, -0.2) is 20.9 Å². The van der Waals surface area contributed by atoms with Crippen LogP contribution >= 0.6 is 11.6 Å². The first kappa shape index (κ1) is 15.3. The molecule has 23 heavy (non-hydrogen) atoms. The van der Waals surface area contributed by atoms with E-state index >= 15 is 0 Å². The van der Waals surface area contributed by atoms with Crippen molar-refractivity contribution >= 4 is 17.6 Å². The third kappa shape index (κ3) is 2.97. The Morgan fingerprint density at radius 2 is 1.87 bits per heavy atom. The van der Waals surface area contributed by atoms with Gasteiger partial charge < -0.3 is 10.8 Å². The maximum Gasteiger partial charge on any atom is 0.356 e. The molecule has 1 heterocycles. The molecule has 0 saturated heterocycles. The van der Waals surface area contributed by atoms with Gasteiger partial charge >= 0.3 is 5.97 Å². The largest absolute Gasteiger partial charge is 0.476 e. The van der Waals surface area contributed by atoms with E-state index in [9.17, 15) is 9.90 Å². The van der Waals surface area contributed by atoms with Gasteiger partial charge in [0.05, 0.1) is 11.4 Å². The lowest BCUT2D eigenvalue weighted by atomic mass is 10.1. The second kappa shape index (κ2) is 6.24. The molecule has 0 fully saturated rings. The number of hydrogen-bond acceptors (Lipinski definition) is 3. The Morgan fingerprint density at radius 1 is 1.17 bits per heavy atom. The summed E-state index contributed by atoms with van der Waals surface area (Å²) < 4.78 is 1.57. The summed E-state index contributed by atoms with van der Waals surface area (Å²) in [6, 6.07) is 16.2. The summed E-state index contributed by atoms with van der Waals surface area (Å²) in [7, 11) is 0. The highest BCUT2D eigenvalue weighted by Gasteiger charge is 2.17. The van der Waals surface area contributed by atoms with Crippen LogP contribution in [0.4, 0.5) is 0 Å². The normalized spacial score (nSPS) is 10.7. The van der Waals surface area contributed by atoms with E-state index in [1.807, 2.05) is 42.5 Å². The summed E-state index contributed by atoms with van der Waals surface area (Å²) in [6.07, 6.45) is 0. The van der Waals surface area contributed by atoms with E-state index in [4.69, 9.17) is 17.3 Å². The zero-order chi connectivity index (χ0) is 16.4. The van der Waals surface area contributed by atoms with Crippen molar-refractivity contribution in [3.8, 4) is 16.9 Å². The minimum Gasteiger partial charge on any atom is -0.476 e. The lowest BCUT2D eigenvalue weighted by Gasteiger charge is -2.09. The van der Waals surface area contributed by atoms with E-state index < -0.39 is 5.97 Å². The first-order valence-corrected chi connectivity index (χ1v) is 7.35. The van der Waals surface area contributed by atoms with Gasteiger partial charge in [0.1, 0.15) is 0 Å². The van der Waals surface area contributed by atoms with Crippen LogP contribution in [0.15, 0.2) is 54.6 Å². The van der Waals surface area contributed by atoms with Crippen molar-refractivity contribution in [2.75, 3.05) is 0 Å². The van der Waals surface area contributed by atoms with E-state index in [1.165, 1.54) is 6.07 Å². The standard InChI is InChI=1S/C17H14ClN3O2/c18-14-4-2-1-3-13(14)16-9-15(17(22)23)20-21(16)12-7-5-11(10-19)6-8-12/h1-9H,10,19H2,(H,22,23). The summed E-state index contributed by atoms with van der Waals surface area (Å²) in [5.74, 6) is -1.09. The van der Waals surface area contributed by atoms with Crippen LogP contribution in [0.25, 0.3) is 16.9 Å². The minimum atomic E-state index is -1.09. The third-order valence-electron chi connectivity index (χ3n) is 3.49. The number of carboxylic acids is 1. The Hall–Kier alpha value is -2.63. The van der Waals surface area contributed by atoms with Crippen LogP contribution in [0.3, 0.4) is 0 Å². The summed E-state index contributed by atoms with van der Waals surface area (Å²) in [4.78, 5) is 11.3. The summed E-state index contributed by atoms with van der Waals surface area (Å²) >= 11 is 6.25. The third-order valence-corrected chi connectivity index (χ3v) is 3.82. The Labute approximate surface area is 137 Å². The number of rotatable bonds is 4. The Bertz CT molecular complexity index is 857. The molecule has 0 radical (unpaired) electrons. The van der Waals surface area contributed by atoms with Crippen LogP contribution in [-0.2, 0) is 6.54 Å². The van der Waals surface area contributed by atoms with Crippen LogP contribution in [0, 0.1) is 0 Å². The molecule has 0 spiro atoms. The van der Waals surface area contributed by atoms with E-state index in [1.54, 1.807) is 10.7 Å². The number of aromatic carboxylic acids is 1. The van der Waals surface area contributed by atoms with E-state index in [2.05, 4.69) is 5.10 Å². The molecule has 0 aliphatic carbocycles. The first-order valence-electron chi connectivity index (χ1n) is 6.98. The fourth-order valence-corrected chi connectivity index (χ4v) is 2.55. The van der Waals surface area contributed by atoms with Crippen molar-refractivity contribution in [2.24, 2.45) is 5.73 Å². The average Bonchev–Trinajstić information content (AvgIpc) is 3.01. The molecule has 3 N–H and O–H groups in total. The van der Waals surface area contributed by atoms with E-state index in [0.717, 1.165) is 16.8 Å². The SMILES string of the molecule is NCc1ccc(-n2nc(C(=O)O)cc2-c2ccccc2Cl)cc1. The highest BCUT2D eigenvalue weighted by molar-refractivity contribution is 6.33. The van der Waals surface area contributed by atoms with Gasteiger partial charge in [-0.05, 0) is 29.8 Å². The maximum atomic E-state index is 11.3. The second-order valence-electron chi connectivity index (χ2n) is 4.98. The van der Waals surface area contributed by atoms with Crippen LogP contribution < -0.4 is 5.73 Å². The highest BCUT2D eigenvalue weighted by atomic mass is 35.5. The summed E-state index contributed by atoms with van der Waals surface area (Å²) in [6.45, 7) is 0.442. The number of hydrogen-bond donors (Lipinski definition) is 2. The van der Waals surface area contributed by atoms with Crippen molar-refractivity contribution in [3.05, 3.63) is 70.9 Å².